The summed E-state index contributed by atoms with van der Waals surface area (Å²) in [5.74, 6) is 1.67. The molecule has 1 aromatic carbocycles. The summed E-state index contributed by atoms with van der Waals surface area (Å²) >= 11 is 0. The van der Waals surface area contributed by atoms with Crippen LogP contribution in [-0.4, -0.2) is 13.7 Å². The Morgan fingerprint density at radius 1 is 0.655 bits per heavy atom. The van der Waals surface area contributed by atoms with E-state index in [-0.39, 0.29) is 0 Å². The van der Waals surface area contributed by atoms with Gasteiger partial charge in [0.25, 0.3) is 0 Å². The molecule has 0 atom stereocenters. The molecule has 0 saturated heterocycles. The molecule has 2 nitrogen and oxygen atoms in total. The van der Waals surface area contributed by atoms with Crippen LogP contribution in [0.2, 0.25) is 0 Å². The van der Waals surface area contributed by atoms with Crippen molar-refractivity contribution >= 4 is 12.2 Å². The van der Waals surface area contributed by atoms with Crippen LogP contribution in [0.3, 0.4) is 0 Å². The molecule has 0 amide bonds. The van der Waals surface area contributed by atoms with Crippen molar-refractivity contribution in [3.63, 3.8) is 0 Å². The number of hydrogen-bond acceptors (Lipinski definition) is 2. The average molecular weight is 401 g/mol. The maximum Gasteiger partial charge on any atom is 0.127 e. The molecule has 29 heavy (non-hydrogen) atoms. The Morgan fingerprint density at radius 2 is 1.07 bits per heavy atom. The van der Waals surface area contributed by atoms with Crippen molar-refractivity contribution in [2.24, 2.45) is 0 Å². The predicted molar refractivity (Wildman–Crippen MR) is 129 cm³/mol. The minimum Gasteiger partial charge on any atom is -0.496 e. The second-order valence-electron chi connectivity index (χ2n) is 7.98. The molecule has 0 aliphatic heterocycles. The van der Waals surface area contributed by atoms with E-state index >= 15 is 0 Å². The molecule has 1 aromatic rings. The highest BCUT2D eigenvalue weighted by Crippen LogP contribution is 2.30. The maximum absolute atomic E-state index is 6.00. The first-order valence-corrected chi connectivity index (χ1v) is 11.9. The van der Waals surface area contributed by atoms with E-state index < -0.39 is 0 Å². The average Bonchev–Trinajstić information content (AvgIpc) is 2.75. The highest BCUT2D eigenvalue weighted by atomic mass is 16.5. The van der Waals surface area contributed by atoms with Crippen LogP contribution in [0.15, 0.2) is 25.3 Å². The first-order chi connectivity index (χ1) is 14.3. The van der Waals surface area contributed by atoms with Gasteiger partial charge in [-0.3, -0.25) is 0 Å². The molecule has 0 bridgehead atoms. The molecule has 2 heteroatoms. The fraction of sp³-hybridized carbons (Fsp3) is 0.630. The van der Waals surface area contributed by atoms with Crippen molar-refractivity contribution in [1.29, 1.82) is 0 Å². The van der Waals surface area contributed by atoms with E-state index in [1.54, 1.807) is 13.2 Å². The molecule has 0 aliphatic carbocycles. The molecule has 0 aliphatic rings. The monoisotopic (exact) mass is 400 g/mol. The summed E-state index contributed by atoms with van der Waals surface area (Å²) in [6, 6.07) is 3.96. The van der Waals surface area contributed by atoms with Crippen LogP contribution in [0, 0.1) is 0 Å². The number of ether oxygens (including phenoxy) is 2. The molecule has 0 unspecified atom stereocenters. The SMILES string of the molecule is C=Cc1cc(OCCCCCCCCCCCCCCCC)c(C=C)cc1OC. The lowest BCUT2D eigenvalue weighted by Gasteiger charge is -2.13. The molecular weight excluding hydrogens is 356 g/mol. The van der Waals surface area contributed by atoms with Gasteiger partial charge in [0.1, 0.15) is 11.5 Å². The molecule has 0 N–H and O–H groups in total. The third-order valence-corrected chi connectivity index (χ3v) is 5.56. The summed E-state index contributed by atoms with van der Waals surface area (Å²) in [5.41, 5.74) is 1.92. The van der Waals surface area contributed by atoms with Gasteiger partial charge in [0, 0.05) is 11.1 Å². The van der Waals surface area contributed by atoms with E-state index in [2.05, 4.69) is 20.1 Å². The van der Waals surface area contributed by atoms with E-state index in [0.717, 1.165) is 35.7 Å². The van der Waals surface area contributed by atoms with Crippen LogP contribution in [0.4, 0.5) is 0 Å². The second kappa shape index (κ2) is 17.2. The van der Waals surface area contributed by atoms with Gasteiger partial charge in [0.2, 0.25) is 0 Å². The van der Waals surface area contributed by atoms with Gasteiger partial charge in [-0.2, -0.15) is 0 Å². The lowest BCUT2D eigenvalue weighted by Crippen LogP contribution is -2.00. The molecule has 0 aromatic heterocycles. The number of hydrogen-bond donors (Lipinski definition) is 0. The lowest BCUT2D eigenvalue weighted by molar-refractivity contribution is 0.303. The van der Waals surface area contributed by atoms with Crippen molar-refractivity contribution in [3.05, 3.63) is 36.4 Å². The van der Waals surface area contributed by atoms with Gasteiger partial charge < -0.3 is 9.47 Å². The number of methoxy groups -OCH3 is 1. The smallest absolute Gasteiger partial charge is 0.127 e. The van der Waals surface area contributed by atoms with Gasteiger partial charge in [-0.1, -0.05) is 116 Å². The van der Waals surface area contributed by atoms with E-state index in [0.29, 0.717) is 0 Å². The zero-order chi connectivity index (χ0) is 21.2. The molecule has 0 fully saturated rings. The van der Waals surface area contributed by atoms with Gasteiger partial charge in [-0.05, 0) is 18.6 Å². The molecule has 0 heterocycles. The Balaban J connectivity index is 2.05. The number of unbranched alkanes of at least 4 members (excludes halogenated alkanes) is 13. The van der Waals surface area contributed by atoms with Gasteiger partial charge in [0.05, 0.1) is 13.7 Å². The fourth-order valence-electron chi connectivity index (χ4n) is 3.69. The van der Waals surface area contributed by atoms with Crippen molar-refractivity contribution in [3.8, 4) is 11.5 Å². The molecule has 164 valence electrons. The van der Waals surface area contributed by atoms with Crippen molar-refractivity contribution < 1.29 is 9.47 Å². The zero-order valence-electron chi connectivity index (χ0n) is 19.1. The Labute approximate surface area is 180 Å². The van der Waals surface area contributed by atoms with Gasteiger partial charge in [-0.15, -0.1) is 0 Å². The van der Waals surface area contributed by atoms with Crippen LogP contribution < -0.4 is 9.47 Å². The predicted octanol–water partition coefficient (Wildman–Crippen LogP) is 8.84. The Hall–Kier alpha value is -1.70. The second-order valence-corrected chi connectivity index (χ2v) is 7.98. The maximum atomic E-state index is 6.00. The van der Waals surface area contributed by atoms with E-state index in [1.165, 1.54) is 83.5 Å². The Bertz CT molecular complexity index is 562. The summed E-state index contributed by atoms with van der Waals surface area (Å²) < 4.78 is 11.4. The lowest BCUT2D eigenvalue weighted by atomic mass is 10.0. The highest BCUT2D eigenvalue weighted by molar-refractivity contribution is 5.66. The zero-order valence-corrected chi connectivity index (χ0v) is 19.1. The van der Waals surface area contributed by atoms with E-state index in [1.807, 2.05) is 18.2 Å². The summed E-state index contributed by atoms with van der Waals surface area (Å²) in [7, 11) is 1.67. The van der Waals surface area contributed by atoms with Crippen molar-refractivity contribution in [2.45, 2.75) is 96.8 Å². The first-order valence-electron chi connectivity index (χ1n) is 11.9. The summed E-state index contributed by atoms with van der Waals surface area (Å²) in [6.07, 6.45) is 22.8. The topological polar surface area (TPSA) is 18.5 Å². The normalized spacial score (nSPS) is 10.7. The molecular formula is C27H44O2. The number of rotatable bonds is 19. The fourth-order valence-corrected chi connectivity index (χ4v) is 3.69. The van der Waals surface area contributed by atoms with Crippen LogP contribution in [0.25, 0.3) is 12.2 Å². The van der Waals surface area contributed by atoms with Crippen LogP contribution >= 0.6 is 0 Å². The Morgan fingerprint density at radius 3 is 1.52 bits per heavy atom. The van der Waals surface area contributed by atoms with Crippen LogP contribution in [0.5, 0.6) is 11.5 Å². The summed E-state index contributed by atoms with van der Waals surface area (Å²) in [6.45, 7) is 10.8. The van der Waals surface area contributed by atoms with Crippen molar-refractivity contribution in [1.82, 2.24) is 0 Å². The molecule has 0 spiro atoms. The van der Waals surface area contributed by atoms with Gasteiger partial charge >= 0.3 is 0 Å². The summed E-state index contributed by atoms with van der Waals surface area (Å²) in [4.78, 5) is 0. The largest absolute Gasteiger partial charge is 0.496 e. The third kappa shape index (κ3) is 11.2. The quantitative estimate of drug-likeness (QED) is 0.216. The molecule has 1 rings (SSSR count). The number of benzene rings is 1. The van der Waals surface area contributed by atoms with E-state index in [9.17, 15) is 0 Å². The molecule has 0 radical (unpaired) electrons. The van der Waals surface area contributed by atoms with E-state index in [4.69, 9.17) is 9.47 Å². The minimum atomic E-state index is 0.752. The van der Waals surface area contributed by atoms with Crippen LogP contribution in [-0.2, 0) is 0 Å². The van der Waals surface area contributed by atoms with Gasteiger partial charge in [0.15, 0.2) is 0 Å². The van der Waals surface area contributed by atoms with Crippen LogP contribution in [0.1, 0.15) is 108 Å². The Kier molecular flexibility index (Phi) is 15.0. The van der Waals surface area contributed by atoms with Gasteiger partial charge in [-0.25, -0.2) is 0 Å². The third-order valence-electron chi connectivity index (χ3n) is 5.56. The highest BCUT2D eigenvalue weighted by Gasteiger charge is 2.08. The first kappa shape index (κ1) is 25.3. The van der Waals surface area contributed by atoms with Crippen molar-refractivity contribution in [2.75, 3.05) is 13.7 Å². The standard InChI is InChI=1S/C27H44O2/c1-5-8-9-10-11-12-13-14-15-16-17-18-19-20-21-29-27-23-24(6-2)26(28-4)22-25(27)7-3/h6-7,22-23H,2-3,5,8-21H2,1,4H3. The minimum absolute atomic E-state index is 0.752. The summed E-state index contributed by atoms with van der Waals surface area (Å²) in [5, 5.41) is 0. The molecule has 0 saturated carbocycles.